The van der Waals surface area contributed by atoms with Gasteiger partial charge in [-0.2, -0.15) is 0 Å². The first kappa shape index (κ1) is 10.3. The fraction of sp³-hybridized carbons (Fsp3) is 0.167. The number of benzene rings is 1. The number of thiazole rings is 1. The number of rotatable bonds is 2. The van der Waals surface area contributed by atoms with Crippen LogP contribution in [0.4, 0.5) is 5.95 Å². The van der Waals surface area contributed by atoms with E-state index in [1.807, 2.05) is 16.0 Å². The van der Waals surface area contributed by atoms with Crippen molar-refractivity contribution in [1.29, 1.82) is 0 Å². The molecule has 0 bridgehead atoms. The highest BCUT2D eigenvalue weighted by Crippen LogP contribution is 2.21. The Morgan fingerprint density at radius 2 is 2.29 bits per heavy atom. The number of anilines is 1. The monoisotopic (exact) mass is 244 g/mol. The van der Waals surface area contributed by atoms with Gasteiger partial charge in [0, 0.05) is 11.6 Å². The van der Waals surface area contributed by atoms with E-state index in [1.54, 1.807) is 17.5 Å². The summed E-state index contributed by atoms with van der Waals surface area (Å²) in [5, 5.41) is 3.01. The second-order valence-corrected chi connectivity index (χ2v) is 4.95. The molecule has 1 aromatic carbocycles. The van der Waals surface area contributed by atoms with Gasteiger partial charge in [-0.15, -0.1) is 11.3 Å². The topological polar surface area (TPSA) is 56.7 Å². The zero-order valence-corrected chi connectivity index (χ0v) is 10.2. The van der Waals surface area contributed by atoms with E-state index < -0.39 is 0 Å². The summed E-state index contributed by atoms with van der Waals surface area (Å²) in [6.45, 7) is 2.73. The molecular formula is C12H12N4S. The van der Waals surface area contributed by atoms with E-state index in [0.717, 1.165) is 16.0 Å². The van der Waals surface area contributed by atoms with Crippen molar-refractivity contribution in [3.8, 4) is 0 Å². The van der Waals surface area contributed by atoms with Gasteiger partial charge < -0.3 is 10.3 Å². The first-order chi connectivity index (χ1) is 8.24. The van der Waals surface area contributed by atoms with Gasteiger partial charge in [0.05, 0.1) is 17.6 Å². The summed E-state index contributed by atoms with van der Waals surface area (Å²) in [5.74, 6) is 0.542. The Balaban J connectivity index is 2.12. The third kappa shape index (κ3) is 1.78. The number of imidazole rings is 1. The summed E-state index contributed by atoms with van der Waals surface area (Å²) in [5.41, 5.74) is 9.14. The van der Waals surface area contributed by atoms with Gasteiger partial charge in [0.25, 0.3) is 0 Å². The number of aryl methyl sites for hydroxylation is 1. The van der Waals surface area contributed by atoms with Crippen LogP contribution in [0.2, 0.25) is 0 Å². The summed E-state index contributed by atoms with van der Waals surface area (Å²) >= 11 is 1.63. The van der Waals surface area contributed by atoms with Gasteiger partial charge in [0.1, 0.15) is 5.01 Å². The normalized spacial score (nSPS) is 11.1. The van der Waals surface area contributed by atoms with E-state index >= 15 is 0 Å². The van der Waals surface area contributed by atoms with E-state index in [-0.39, 0.29) is 0 Å². The van der Waals surface area contributed by atoms with E-state index in [4.69, 9.17) is 5.73 Å². The van der Waals surface area contributed by atoms with Crippen molar-refractivity contribution in [3.63, 3.8) is 0 Å². The van der Waals surface area contributed by atoms with Crippen LogP contribution in [0.3, 0.4) is 0 Å². The summed E-state index contributed by atoms with van der Waals surface area (Å²) in [6, 6.07) is 6.17. The molecule has 0 saturated heterocycles. The fourth-order valence-corrected chi connectivity index (χ4v) is 2.50. The Labute approximate surface area is 103 Å². The van der Waals surface area contributed by atoms with Crippen molar-refractivity contribution in [2.75, 3.05) is 5.73 Å². The number of aromatic nitrogens is 3. The average Bonchev–Trinajstić information content (AvgIpc) is 2.88. The molecule has 0 aliphatic rings. The molecule has 3 aromatic rings. The summed E-state index contributed by atoms with van der Waals surface area (Å²) in [6.07, 6.45) is 1.81. The van der Waals surface area contributed by atoms with E-state index in [2.05, 4.69) is 29.0 Å². The average molecular weight is 244 g/mol. The molecule has 0 spiro atoms. The minimum absolute atomic E-state index is 0.542. The number of nitrogen functional groups attached to an aromatic ring is 1. The quantitative estimate of drug-likeness (QED) is 0.753. The Bertz CT molecular complexity index is 655. The number of hydrogen-bond acceptors (Lipinski definition) is 4. The second-order valence-electron chi connectivity index (χ2n) is 3.97. The van der Waals surface area contributed by atoms with Gasteiger partial charge in [-0.1, -0.05) is 6.07 Å². The standard InChI is InChI=1S/C12H12N4S/c1-8-2-3-10-9(6-8)15-12(13)16(10)7-11-14-4-5-17-11/h2-6H,7H2,1H3,(H2,13,15). The maximum atomic E-state index is 5.95. The lowest BCUT2D eigenvalue weighted by atomic mass is 10.2. The Kier molecular flexibility index (Phi) is 2.33. The summed E-state index contributed by atoms with van der Waals surface area (Å²) in [7, 11) is 0. The minimum atomic E-state index is 0.542. The SMILES string of the molecule is Cc1ccc2c(c1)nc(N)n2Cc1nccs1. The summed E-state index contributed by atoms with van der Waals surface area (Å²) < 4.78 is 1.99. The van der Waals surface area contributed by atoms with Gasteiger partial charge in [-0.3, -0.25) is 0 Å². The van der Waals surface area contributed by atoms with Crippen molar-refractivity contribution in [2.24, 2.45) is 0 Å². The lowest BCUT2D eigenvalue weighted by molar-refractivity contribution is 0.829. The highest BCUT2D eigenvalue weighted by Gasteiger charge is 2.09. The first-order valence-electron chi connectivity index (χ1n) is 5.35. The van der Waals surface area contributed by atoms with Gasteiger partial charge >= 0.3 is 0 Å². The smallest absolute Gasteiger partial charge is 0.201 e. The molecular weight excluding hydrogens is 232 g/mol. The molecule has 0 radical (unpaired) electrons. The lowest BCUT2D eigenvalue weighted by Crippen LogP contribution is -2.04. The van der Waals surface area contributed by atoms with Crippen molar-refractivity contribution < 1.29 is 0 Å². The number of fused-ring (bicyclic) bond motifs is 1. The molecule has 0 unspecified atom stereocenters. The highest BCUT2D eigenvalue weighted by molar-refractivity contribution is 7.09. The maximum Gasteiger partial charge on any atom is 0.201 e. The number of nitrogens with two attached hydrogens (primary N) is 1. The third-order valence-corrected chi connectivity index (χ3v) is 3.47. The molecule has 2 aromatic heterocycles. The van der Waals surface area contributed by atoms with Crippen molar-refractivity contribution in [1.82, 2.24) is 14.5 Å². The van der Waals surface area contributed by atoms with Crippen LogP contribution in [0.1, 0.15) is 10.6 Å². The molecule has 2 heterocycles. The molecule has 17 heavy (non-hydrogen) atoms. The molecule has 5 heteroatoms. The Morgan fingerprint density at radius 3 is 3.06 bits per heavy atom. The molecule has 0 fully saturated rings. The first-order valence-corrected chi connectivity index (χ1v) is 6.23. The van der Waals surface area contributed by atoms with Crippen LogP contribution in [-0.2, 0) is 6.54 Å². The number of hydrogen-bond donors (Lipinski definition) is 1. The van der Waals surface area contributed by atoms with Gasteiger partial charge in [-0.25, -0.2) is 9.97 Å². The largest absolute Gasteiger partial charge is 0.369 e. The van der Waals surface area contributed by atoms with Crippen LogP contribution in [0, 0.1) is 6.92 Å². The summed E-state index contributed by atoms with van der Waals surface area (Å²) in [4.78, 5) is 8.64. The zero-order chi connectivity index (χ0) is 11.8. The van der Waals surface area contributed by atoms with Crippen LogP contribution >= 0.6 is 11.3 Å². The molecule has 3 rings (SSSR count). The zero-order valence-electron chi connectivity index (χ0n) is 9.42. The molecule has 0 atom stereocenters. The lowest BCUT2D eigenvalue weighted by Gasteiger charge is -2.03. The van der Waals surface area contributed by atoms with Crippen molar-refractivity contribution in [3.05, 3.63) is 40.3 Å². The molecule has 2 N–H and O–H groups in total. The van der Waals surface area contributed by atoms with Crippen LogP contribution in [-0.4, -0.2) is 14.5 Å². The maximum absolute atomic E-state index is 5.95. The van der Waals surface area contributed by atoms with Gasteiger partial charge in [0.2, 0.25) is 5.95 Å². The Morgan fingerprint density at radius 1 is 1.41 bits per heavy atom. The van der Waals surface area contributed by atoms with Crippen molar-refractivity contribution in [2.45, 2.75) is 13.5 Å². The molecule has 4 nitrogen and oxygen atoms in total. The van der Waals surface area contributed by atoms with Crippen LogP contribution in [0.25, 0.3) is 11.0 Å². The molecule has 0 aliphatic carbocycles. The van der Waals surface area contributed by atoms with Gasteiger partial charge in [0.15, 0.2) is 0 Å². The molecule has 0 saturated carbocycles. The molecule has 0 amide bonds. The predicted molar refractivity (Wildman–Crippen MR) is 70.1 cm³/mol. The molecule has 86 valence electrons. The highest BCUT2D eigenvalue weighted by atomic mass is 32.1. The van der Waals surface area contributed by atoms with E-state index in [9.17, 15) is 0 Å². The minimum Gasteiger partial charge on any atom is -0.369 e. The van der Waals surface area contributed by atoms with E-state index in [1.165, 1.54) is 5.56 Å². The predicted octanol–water partition coefficient (Wildman–Crippen LogP) is 2.43. The van der Waals surface area contributed by atoms with Crippen LogP contribution < -0.4 is 5.73 Å². The van der Waals surface area contributed by atoms with Crippen LogP contribution in [0.15, 0.2) is 29.8 Å². The van der Waals surface area contributed by atoms with Crippen molar-refractivity contribution >= 4 is 28.3 Å². The van der Waals surface area contributed by atoms with Gasteiger partial charge in [-0.05, 0) is 24.6 Å². The molecule has 0 aliphatic heterocycles. The Hall–Kier alpha value is -1.88. The number of nitrogens with zero attached hydrogens (tertiary/aromatic N) is 3. The fourth-order valence-electron chi connectivity index (χ4n) is 1.89. The second kappa shape index (κ2) is 3.85. The van der Waals surface area contributed by atoms with E-state index in [0.29, 0.717) is 12.5 Å². The van der Waals surface area contributed by atoms with Crippen LogP contribution in [0.5, 0.6) is 0 Å². The third-order valence-electron chi connectivity index (χ3n) is 2.71.